The number of morpholine rings is 1. The van der Waals surface area contributed by atoms with Crippen molar-refractivity contribution in [3.63, 3.8) is 0 Å². The first-order valence-corrected chi connectivity index (χ1v) is 7.52. The van der Waals surface area contributed by atoms with Crippen LogP contribution in [0.5, 0.6) is 0 Å². The molecule has 0 saturated carbocycles. The van der Waals surface area contributed by atoms with Crippen LogP contribution in [0.1, 0.15) is 34.7 Å². The Morgan fingerprint density at radius 3 is 2.32 bits per heavy atom. The standard InChI is InChI=1S/C16H21N5O/c1-10-7-11(2)19-16(18-10)21-5-6-22-15(9-21)14-8-12(3)17-13(4)20-14/h7-8,15H,5-6,9H2,1-4H3. The zero-order valence-electron chi connectivity index (χ0n) is 13.5. The Labute approximate surface area is 130 Å². The van der Waals surface area contributed by atoms with E-state index >= 15 is 0 Å². The van der Waals surface area contributed by atoms with E-state index in [9.17, 15) is 0 Å². The fourth-order valence-electron chi connectivity index (χ4n) is 2.77. The van der Waals surface area contributed by atoms with E-state index in [1.165, 1.54) is 0 Å². The van der Waals surface area contributed by atoms with Gasteiger partial charge in [0.2, 0.25) is 5.95 Å². The van der Waals surface area contributed by atoms with Gasteiger partial charge in [-0.2, -0.15) is 0 Å². The monoisotopic (exact) mass is 299 g/mol. The molecule has 22 heavy (non-hydrogen) atoms. The summed E-state index contributed by atoms with van der Waals surface area (Å²) in [6.45, 7) is 10.0. The Bertz CT molecular complexity index is 590. The molecular weight excluding hydrogens is 278 g/mol. The SMILES string of the molecule is Cc1cc(C2CN(c3nc(C)cc(C)n3)CCO2)nc(C)n1. The summed E-state index contributed by atoms with van der Waals surface area (Å²) in [6.07, 6.45) is -0.0708. The summed E-state index contributed by atoms with van der Waals surface area (Å²) in [5.74, 6) is 1.55. The van der Waals surface area contributed by atoms with E-state index in [-0.39, 0.29) is 6.10 Å². The van der Waals surface area contributed by atoms with Crippen LogP contribution >= 0.6 is 0 Å². The van der Waals surface area contributed by atoms with Crippen LogP contribution in [0.2, 0.25) is 0 Å². The molecule has 0 amide bonds. The van der Waals surface area contributed by atoms with Crippen molar-refractivity contribution in [2.24, 2.45) is 0 Å². The van der Waals surface area contributed by atoms with Crippen molar-refractivity contribution in [1.82, 2.24) is 19.9 Å². The zero-order chi connectivity index (χ0) is 15.7. The zero-order valence-corrected chi connectivity index (χ0v) is 13.5. The summed E-state index contributed by atoms with van der Waals surface area (Å²) in [7, 11) is 0. The van der Waals surface area contributed by atoms with Gasteiger partial charge in [-0.3, -0.25) is 0 Å². The van der Waals surface area contributed by atoms with Gasteiger partial charge in [0.25, 0.3) is 0 Å². The molecule has 0 N–H and O–H groups in total. The van der Waals surface area contributed by atoms with Crippen LogP contribution in [0.3, 0.4) is 0 Å². The molecule has 1 atom stereocenters. The quantitative estimate of drug-likeness (QED) is 0.846. The Hall–Kier alpha value is -2.08. The molecule has 1 aliphatic heterocycles. The number of hydrogen-bond donors (Lipinski definition) is 0. The van der Waals surface area contributed by atoms with Crippen LogP contribution in [0.4, 0.5) is 5.95 Å². The number of ether oxygens (including phenoxy) is 1. The number of rotatable bonds is 2. The summed E-state index contributed by atoms with van der Waals surface area (Å²) >= 11 is 0. The van der Waals surface area contributed by atoms with Gasteiger partial charge in [-0.15, -0.1) is 0 Å². The van der Waals surface area contributed by atoms with Gasteiger partial charge in [0.15, 0.2) is 0 Å². The Kier molecular flexibility index (Phi) is 4.02. The lowest BCUT2D eigenvalue weighted by Gasteiger charge is -2.33. The third-order valence-electron chi connectivity index (χ3n) is 3.64. The Morgan fingerprint density at radius 1 is 0.955 bits per heavy atom. The highest BCUT2D eigenvalue weighted by molar-refractivity contribution is 5.33. The number of aryl methyl sites for hydroxylation is 4. The minimum absolute atomic E-state index is 0.0708. The second-order valence-corrected chi connectivity index (χ2v) is 5.74. The van der Waals surface area contributed by atoms with E-state index in [4.69, 9.17) is 4.74 Å². The van der Waals surface area contributed by atoms with Gasteiger partial charge in [0.1, 0.15) is 11.9 Å². The molecule has 1 fully saturated rings. The third-order valence-corrected chi connectivity index (χ3v) is 3.64. The maximum absolute atomic E-state index is 5.90. The number of aromatic nitrogens is 4. The van der Waals surface area contributed by atoms with Crippen molar-refractivity contribution < 1.29 is 4.74 Å². The minimum atomic E-state index is -0.0708. The number of nitrogens with zero attached hydrogens (tertiary/aromatic N) is 5. The summed E-state index contributed by atoms with van der Waals surface area (Å²) in [6, 6.07) is 3.97. The molecule has 2 aromatic heterocycles. The van der Waals surface area contributed by atoms with E-state index in [0.717, 1.165) is 41.1 Å². The molecule has 6 heteroatoms. The van der Waals surface area contributed by atoms with Gasteiger partial charge in [-0.05, 0) is 39.8 Å². The first kappa shape index (κ1) is 14.8. The summed E-state index contributed by atoms with van der Waals surface area (Å²) in [4.78, 5) is 20.1. The van der Waals surface area contributed by atoms with E-state index in [1.54, 1.807) is 0 Å². The molecule has 3 rings (SSSR count). The highest BCUT2D eigenvalue weighted by Crippen LogP contribution is 2.24. The lowest BCUT2D eigenvalue weighted by molar-refractivity contribution is 0.0362. The van der Waals surface area contributed by atoms with E-state index < -0.39 is 0 Å². The summed E-state index contributed by atoms with van der Waals surface area (Å²) in [5, 5.41) is 0. The molecular formula is C16H21N5O. The molecule has 3 heterocycles. The van der Waals surface area contributed by atoms with Gasteiger partial charge in [0.05, 0.1) is 18.8 Å². The lowest BCUT2D eigenvalue weighted by atomic mass is 10.2. The fraction of sp³-hybridized carbons (Fsp3) is 0.500. The van der Waals surface area contributed by atoms with Crippen molar-refractivity contribution in [2.75, 3.05) is 24.6 Å². The summed E-state index contributed by atoms with van der Waals surface area (Å²) in [5.41, 5.74) is 3.86. The molecule has 116 valence electrons. The lowest BCUT2D eigenvalue weighted by Crippen LogP contribution is -2.40. The van der Waals surface area contributed by atoms with Gasteiger partial charge in [0, 0.05) is 23.6 Å². The van der Waals surface area contributed by atoms with Crippen molar-refractivity contribution in [3.8, 4) is 0 Å². The molecule has 0 aromatic carbocycles. The largest absolute Gasteiger partial charge is 0.368 e. The Balaban J connectivity index is 1.84. The smallest absolute Gasteiger partial charge is 0.225 e. The predicted octanol–water partition coefficient (Wildman–Crippen LogP) is 2.08. The van der Waals surface area contributed by atoms with E-state index in [1.807, 2.05) is 39.8 Å². The van der Waals surface area contributed by atoms with E-state index in [0.29, 0.717) is 13.2 Å². The van der Waals surface area contributed by atoms with Crippen LogP contribution in [-0.2, 0) is 4.74 Å². The average Bonchev–Trinajstić information content (AvgIpc) is 2.45. The second-order valence-electron chi connectivity index (χ2n) is 5.74. The van der Waals surface area contributed by atoms with Crippen molar-refractivity contribution in [3.05, 3.63) is 40.7 Å². The van der Waals surface area contributed by atoms with E-state index in [2.05, 4.69) is 24.8 Å². The van der Waals surface area contributed by atoms with Crippen molar-refractivity contribution in [1.29, 1.82) is 0 Å². The molecule has 0 radical (unpaired) electrons. The normalized spacial score (nSPS) is 18.5. The maximum Gasteiger partial charge on any atom is 0.225 e. The highest BCUT2D eigenvalue weighted by atomic mass is 16.5. The average molecular weight is 299 g/mol. The van der Waals surface area contributed by atoms with Crippen LogP contribution in [0, 0.1) is 27.7 Å². The highest BCUT2D eigenvalue weighted by Gasteiger charge is 2.25. The topological polar surface area (TPSA) is 64.0 Å². The molecule has 6 nitrogen and oxygen atoms in total. The minimum Gasteiger partial charge on any atom is -0.368 e. The van der Waals surface area contributed by atoms with Gasteiger partial charge in [-0.25, -0.2) is 19.9 Å². The fourth-order valence-corrected chi connectivity index (χ4v) is 2.77. The van der Waals surface area contributed by atoms with Crippen LogP contribution in [0.25, 0.3) is 0 Å². The predicted molar refractivity (Wildman–Crippen MR) is 83.9 cm³/mol. The van der Waals surface area contributed by atoms with Crippen LogP contribution in [0.15, 0.2) is 12.1 Å². The molecule has 0 spiro atoms. The van der Waals surface area contributed by atoms with Crippen LogP contribution in [-0.4, -0.2) is 39.6 Å². The molecule has 1 saturated heterocycles. The first-order chi connectivity index (χ1) is 10.5. The van der Waals surface area contributed by atoms with Crippen LogP contribution < -0.4 is 4.90 Å². The van der Waals surface area contributed by atoms with Crippen molar-refractivity contribution in [2.45, 2.75) is 33.8 Å². The molecule has 1 unspecified atom stereocenters. The second kappa shape index (κ2) is 5.96. The molecule has 0 bridgehead atoms. The third kappa shape index (κ3) is 3.22. The molecule has 1 aliphatic rings. The van der Waals surface area contributed by atoms with Gasteiger partial charge < -0.3 is 9.64 Å². The van der Waals surface area contributed by atoms with Crippen molar-refractivity contribution >= 4 is 5.95 Å². The first-order valence-electron chi connectivity index (χ1n) is 7.52. The molecule has 0 aliphatic carbocycles. The summed E-state index contributed by atoms with van der Waals surface area (Å²) < 4.78 is 5.90. The molecule has 2 aromatic rings. The number of anilines is 1. The maximum atomic E-state index is 5.90. The Morgan fingerprint density at radius 2 is 1.64 bits per heavy atom. The number of hydrogen-bond acceptors (Lipinski definition) is 6. The van der Waals surface area contributed by atoms with Gasteiger partial charge >= 0.3 is 0 Å². The van der Waals surface area contributed by atoms with Gasteiger partial charge in [-0.1, -0.05) is 0 Å².